The largest absolute Gasteiger partial charge is 0.330 e. The van der Waals surface area contributed by atoms with Gasteiger partial charge < -0.3 is 4.57 Å². The molecule has 19 heavy (non-hydrogen) atoms. The van der Waals surface area contributed by atoms with E-state index in [2.05, 4.69) is 16.5 Å². The number of hydrogen-bond donors (Lipinski definition) is 0. The third-order valence-corrected chi connectivity index (χ3v) is 5.27. The van der Waals surface area contributed by atoms with Crippen LogP contribution in [0.5, 0.6) is 0 Å². The van der Waals surface area contributed by atoms with Crippen molar-refractivity contribution in [2.45, 2.75) is 63.4 Å². The van der Waals surface area contributed by atoms with Crippen molar-refractivity contribution in [1.29, 1.82) is 0 Å². The highest BCUT2D eigenvalue weighted by molar-refractivity contribution is 8.13. The van der Waals surface area contributed by atoms with Gasteiger partial charge in [-0.25, -0.2) is 13.4 Å². The SMILES string of the molecule is CCc1nc(S(=O)(=O)Cl)cn1C1CCCCC1CC. The molecule has 1 aliphatic carbocycles. The van der Waals surface area contributed by atoms with Gasteiger partial charge in [0, 0.05) is 29.3 Å². The van der Waals surface area contributed by atoms with Crippen molar-refractivity contribution in [3.63, 3.8) is 0 Å². The first kappa shape index (κ1) is 14.9. The third-order valence-electron chi connectivity index (χ3n) is 4.10. The van der Waals surface area contributed by atoms with Crippen LogP contribution in [-0.2, 0) is 15.5 Å². The minimum absolute atomic E-state index is 0.00792. The molecule has 0 bridgehead atoms. The van der Waals surface area contributed by atoms with Gasteiger partial charge in [-0.15, -0.1) is 0 Å². The summed E-state index contributed by atoms with van der Waals surface area (Å²) in [5.74, 6) is 1.43. The molecule has 108 valence electrons. The van der Waals surface area contributed by atoms with Crippen LogP contribution in [0, 0.1) is 5.92 Å². The molecule has 1 aromatic heterocycles. The Morgan fingerprint density at radius 2 is 2.05 bits per heavy atom. The summed E-state index contributed by atoms with van der Waals surface area (Å²) in [5.41, 5.74) is 0. The smallest absolute Gasteiger partial charge is 0.280 e. The van der Waals surface area contributed by atoms with E-state index in [0.29, 0.717) is 12.0 Å². The second kappa shape index (κ2) is 5.83. The lowest BCUT2D eigenvalue weighted by Gasteiger charge is -2.32. The summed E-state index contributed by atoms with van der Waals surface area (Å²) < 4.78 is 24.9. The zero-order valence-electron chi connectivity index (χ0n) is 11.5. The first-order valence-electron chi connectivity index (χ1n) is 6.99. The van der Waals surface area contributed by atoms with Crippen molar-refractivity contribution >= 4 is 19.7 Å². The minimum atomic E-state index is -3.74. The predicted molar refractivity (Wildman–Crippen MR) is 75.9 cm³/mol. The van der Waals surface area contributed by atoms with Gasteiger partial charge in [-0.05, 0) is 18.8 Å². The van der Waals surface area contributed by atoms with Gasteiger partial charge >= 0.3 is 0 Å². The topological polar surface area (TPSA) is 52.0 Å². The number of halogens is 1. The lowest BCUT2D eigenvalue weighted by Crippen LogP contribution is -2.23. The van der Waals surface area contributed by atoms with Gasteiger partial charge in [-0.3, -0.25) is 0 Å². The summed E-state index contributed by atoms with van der Waals surface area (Å²) in [7, 11) is 1.67. The van der Waals surface area contributed by atoms with Crippen molar-refractivity contribution in [2.75, 3.05) is 0 Å². The Kier molecular flexibility index (Phi) is 4.56. The fourth-order valence-corrected chi connectivity index (χ4v) is 3.78. The summed E-state index contributed by atoms with van der Waals surface area (Å²) in [5, 5.41) is -0.00792. The molecule has 1 fully saturated rings. The normalized spacial score (nSPS) is 24.6. The molecule has 1 aliphatic rings. The molecule has 2 rings (SSSR count). The summed E-state index contributed by atoms with van der Waals surface area (Å²) in [6.45, 7) is 4.19. The van der Waals surface area contributed by atoms with Gasteiger partial charge in [-0.2, -0.15) is 0 Å². The van der Waals surface area contributed by atoms with Gasteiger partial charge in [0.1, 0.15) is 5.82 Å². The maximum Gasteiger partial charge on any atom is 0.280 e. The summed E-state index contributed by atoms with van der Waals surface area (Å²) >= 11 is 0. The van der Waals surface area contributed by atoms with Crippen LogP contribution in [0.4, 0.5) is 0 Å². The highest BCUT2D eigenvalue weighted by Crippen LogP contribution is 2.37. The third kappa shape index (κ3) is 3.14. The average Bonchev–Trinajstić information content (AvgIpc) is 2.82. The lowest BCUT2D eigenvalue weighted by molar-refractivity contribution is 0.228. The minimum Gasteiger partial charge on any atom is -0.330 e. The number of imidazole rings is 1. The van der Waals surface area contributed by atoms with Crippen LogP contribution in [0.1, 0.15) is 57.8 Å². The molecule has 1 saturated carbocycles. The van der Waals surface area contributed by atoms with E-state index in [9.17, 15) is 8.42 Å². The highest BCUT2D eigenvalue weighted by Gasteiger charge is 2.28. The standard InChI is InChI=1S/C13H21ClN2O2S/c1-3-10-7-5-6-8-11(10)16-9-13(19(14,17)18)15-12(16)4-2/h9-11H,3-8H2,1-2H3. The average molecular weight is 305 g/mol. The van der Waals surface area contributed by atoms with Gasteiger partial charge in [0.15, 0.2) is 5.03 Å². The number of aromatic nitrogens is 2. The van der Waals surface area contributed by atoms with Crippen molar-refractivity contribution in [3.05, 3.63) is 12.0 Å². The van der Waals surface area contributed by atoms with Gasteiger partial charge in [0.25, 0.3) is 9.05 Å². The van der Waals surface area contributed by atoms with E-state index in [0.717, 1.165) is 25.1 Å². The molecule has 1 aromatic rings. The van der Waals surface area contributed by atoms with Gasteiger partial charge in [-0.1, -0.05) is 33.1 Å². The van der Waals surface area contributed by atoms with E-state index >= 15 is 0 Å². The number of aryl methyl sites for hydroxylation is 1. The van der Waals surface area contributed by atoms with Crippen molar-refractivity contribution in [3.8, 4) is 0 Å². The summed E-state index contributed by atoms with van der Waals surface area (Å²) in [4.78, 5) is 4.19. The van der Waals surface area contributed by atoms with E-state index in [-0.39, 0.29) is 5.03 Å². The van der Waals surface area contributed by atoms with Crippen molar-refractivity contribution in [1.82, 2.24) is 9.55 Å². The maximum absolute atomic E-state index is 11.4. The monoisotopic (exact) mass is 304 g/mol. The molecule has 6 heteroatoms. The van der Waals surface area contributed by atoms with Crippen LogP contribution in [0.25, 0.3) is 0 Å². The van der Waals surface area contributed by atoms with E-state index in [1.54, 1.807) is 6.20 Å². The molecular formula is C13H21ClN2O2S. The first-order chi connectivity index (χ1) is 8.97. The first-order valence-corrected chi connectivity index (χ1v) is 9.30. The Morgan fingerprint density at radius 1 is 1.37 bits per heavy atom. The molecule has 0 saturated heterocycles. The molecule has 1 heterocycles. The van der Waals surface area contributed by atoms with Crippen LogP contribution >= 0.6 is 10.7 Å². The molecular weight excluding hydrogens is 284 g/mol. The fourth-order valence-electron chi connectivity index (χ4n) is 3.10. The second-order valence-corrected chi connectivity index (χ2v) is 7.73. The molecule has 0 radical (unpaired) electrons. The lowest BCUT2D eigenvalue weighted by atomic mass is 9.82. The van der Waals surface area contributed by atoms with Crippen LogP contribution in [-0.4, -0.2) is 18.0 Å². The van der Waals surface area contributed by atoms with Crippen LogP contribution in [0.2, 0.25) is 0 Å². The zero-order valence-corrected chi connectivity index (χ0v) is 13.0. The Bertz CT molecular complexity index is 539. The molecule has 2 atom stereocenters. The Labute approximate surface area is 119 Å². The Balaban J connectivity index is 2.40. The second-order valence-electron chi connectivity index (χ2n) is 5.21. The van der Waals surface area contributed by atoms with Gasteiger partial charge in [0.2, 0.25) is 0 Å². The maximum atomic E-state index is 11.4. The molecule has 2 unspecified atom stereocenters. The highest BCUT2D eigenvalue weighted by atomic mass is 35.7. The van der Waals surface area contributed by atoms with E-state index in [4.69, 9.17) is 10.7 Å². The van der Waals surface area contributed by atoms with Crippen molar-refractivity contribution < 1.29 is 8.42 Å². The molecule has 0 aromatic carbocycles. The molecule has 0 N–H and O–H groups in total. The number of rotatable bonds is 4. The zero-order chi connectivity index (χ0) is 14.0. The fraction of sp³-hybridized carbons (Fsp3) is 0.769. The molecule has 0 spiro atoms. The van der Waals surface area contributed by atoms with Gasteiger partial charge in [0.05, 0.1) is 0 Å². The van der Waals surface area contributed by atoms with Crippen LogP contribution < -0.4 is 0 Å². The van der Waals surface area contributed by atoms with E-state index in [1.807, 2.05) is 6.92 Å². The van der Waals surface area contributed by atoms with Crippen molar-refractivity contribution in [2.24, 2.45) is 5.92 Å². The predicted octanol–water partition coefficient (Wildman–Crippen LogP) is 3.51. The van der Waals surface area contributed by atoms with Crippen LogP contribution in [0.15, 0.2) is 11.2 Å². The molecule has 4 nitrogen and oxygen atoms in total. The summed E-state index contributed by atoms with van der Waals surface area (Å²) in [6.07, 6.45) is 8.25. The molecule has 0 amide bonds. The van der Waals surface area contributed by atoms with E-state index < -0.39 is 9.05 Å². The summed E-state index contributed by atoms with van der Waals surface area (Å²) in [6, 6.07) is 0.369. The van der Waals surface area contributed by atoms with Crippen LogP contribution in [0.3, 0.4) is 0 Å². The quantitative estimate of drug-likeness (QED) is 0.800. The number of nitrogens with zero attached hydrogens (tertiary/aromatic N) is 2. The molecule has 0 aliphatic heterocycles. The van der Waals surface area contributed by atoms with E-state index in [1.165, 1.54) is 19.3 Å². The number of hydrogen-bond acceptors (Lipinski definition) is 3. The Hall–Kier alpha value is -0.550. The Morgan fingerprint density at radius 3 is 2.63 bits per heavy atom.